The minimum atomic E-state index is -0.675. The minimum Gasteiger partial charge on any atom is -0.481 e. The number of rotatable bonds is 4. The molecule has 7 atom stereocenters. The Morgan fingerprint density at radius 3 is 2.74 bits per heavy atom. The number of carbonyl (C=O) groups excluding carboxylic acids is 1. The van der Waals surface area contributed by atoms with Gasteiger partial charge in [-0.25, -0.2) is 0 Å². The molecule has 3 heteroatoms. The Hall–Kier alpha value is -1.64. The number of carboxylic acid groups (broad SMARTS) is 1. The van der Waals surface area contributed by atoms with Gasteiger partial charge in [0.05, 0.1) is 0 Å². The normalized spacial score (nSPS) is 43.5. The van der Waals surface area contributed by atoms with Gasteiger partial charge in [0.2, 0.25) is 0 Å². The van der Waals surface area contributed by atoms with Crippen molar-refractivity contribution in [3.63, 3.8) is 0 Å². The van der Waals surface area contributed by atoms with E-state index in [4.69, 9.17) is 5.11 Å². The fraction of sp³-hybridized carbons (Fsp3) is 0.667. The highest BCUT2D eigenvalue weighted by molar-refractivity contribution is 6.01. The molecule has 4 aliphatic carbocycles. The van der Waals surface area contributed by atoms with E-state index in [0.29, 0.717) is 35.0 Å². The number of ketones is 1. The van der Waals surface area contributed by atoms with Gasteiger partial charge in [0.15, 0.2) is 5.78 Å². The van der Waals surface area contributed by atoms with Crippen molar-refractivity contribution in [2.24, 2.45) is 40.4 Å². The second-order valence-electron chi connectivity index (χ2n) is 9.91. The van der Waals surface area contributed by atoms with Crippen LogP contribution in [0.5, 0.6) is 0 Å². The van der Waals surface area contributed by atoms with Crippen LogP contribution in [0.4, 0.5) is 0 Å². The summed E-state index contributed by atoms with van der Waals surface area (Å²) < 4.78 is 0. The maximum atomic E-state index is 11.8. The van der Waals surface area contributed by atoms with E-state index in [-0.39, 0.29) is 17.6 Å². The van der Waals surface area contributed by atoms with Gasteiger partial charge in [-0.1, -0.05) is 39.0 Å². The van der Waals surface area contributed by atoms with Crippen molar-refractivity contribution in [3.8, 4) is 0 Å². The third-order valence-corrected chi connectivity index (χ3v) is 8.69. The molecule has 0 heterocycles. The molecule has 1 N–H and O–H groups in total. The van der Waals surface area contributed by atoms with E-state index < -0.39 is 5.97 Å². The van der Waals surface area contributed by atoms with Gasteiger partial charge in [0.1, 0.15) is 0 Å². The Bertz CT molecular complexity index is 745. The second kappa shape index (κ2) is 6.46. The zero-order valence-electron chi connectivity index (χ0n) is 16.8. The number of carbonyl (C=O) groups is 2. The van der Waals surface area contributed by atoms with Crippen molar-refractivity contribution >= 4 is 11.8 Å². The molecule has 0 unspecified atom stereocenters. The summed E-state index contributed by atoms with van der Waals surface area (Å²) in [5, 5.41) is 9.07. The van der Waals surface area contributed by atoms with Gasteiger partial charge in [0.25, 0.3) is 0 Å². The Morgan fingerprint density at radius 1 is 1.22 bits per heavy atom. The highest BCUT2D eigenvalue weighted by Crippen LogP contribution is 2.65. The molecule has 0 radical (unpaired) electrons. The standard InChI is InChI=1S/C24H32O3/c1-15(4-9-22(26)27)19-7-8-20-18-6-5-16-14-17(25)10-12-23(16,2)21(18)11-13-24(19,20)3/h5-6,10,12,14-15,18-21H,4,7-9,11,13H2,1-3H3,(H,26,27)/t15-,18+,19-,20+,21+,23+,24-/m1/s1. The molecule has 0 aliphatic heterocycles. The summed E-state index contributed by atoms with van der Waals surface area (Å²) in [4.78, 5) is 22.9. The molecule has 0 aromatic heterocycles. The average Bonchev–Trinajstić information content (AvgIpc) is 2.97. The Balaban J connectivity index is 1.59. The van der Waals surface area contributed by atoms with Crippen LogP contribution in [0, 0.1) is 40.4 Å². The van der Waals surface area contributed by atoms with Gasteiger partial charge in [-0.15, -0.1) is 0 Å². The zero-order chi connectivity index (χ0) is 19.4. The topological polar surface area (TPSA) is 54.4 Å². The SMILES string of the molecule is C[C@H](CCC(=O)O)[C@H]1CC[C@H]2[C@@H]3C=CC4=CC(=O)C=C[C@]4(C)[C@H]3CC[C@]12C. The van der Waals surface area contributed by atoms with Crippen LogP contribution in [0.1, 0.15) is 59.3 Å². The van der Waals surface area contributed by atoms with Crippen LogP contribution >= 0.6 is 0 Å². The first kappa shape index (κ1) is 18.7. The van der Waals surface area contributed by atoms with Crippen molar-refractivity contribution in [1.29, 1.82) is 0 Å². The molecule has 4 aliphatic rings. The van der Waals surface area contributed by atoms with Crippen molar-refractivity contribution in [2.75, 3.05) is 0 Å². The first-order valence-electron chi connectivity index (χ1n) is 10.6. The van der Waals surface area contributed by atoms with Gasteiger partial charge in [-0.2, -0.15) is 0 Å². The minimum absolute atomic E-state index is 0.0122. The maximum absolute atomic E-state index is 11.8. The lowest BCUT2D eigenvalue weighted by Crippen LogP contribution is -2.48. The summed E-state index contributed by atoms with van der Waals surface area (Å²) >= 11 is 0. The highest BCUT2D eigenvalue weighted by atomic mass is 16.4. The van der Waals surface area contributed by atoms with Crippen molar-refractivity contribution < 1.29 is 14.7 Å². The maximum Gasteiger partial charge on any atom is 0.303 e. The van der Waals surface area contributed by atoms with Gasteiger partial charge >= 0.3 is 5.97 Å². The van der Waals surface area contributed by atoms with Crippen LogP contribution in [-0.4, -0.2) is 16.9 Å². The summed E-state index contributed by atoms with van der Waals surface area (Å²) in [5.41, 5.74) is 1.49. The number of aliphatic carboxylic acids is 1. The number of allylic oxidation sites excluding steroid dienone is 6. The van der Waals surface area contributed by atoms with Crippen LogP contribution in [0.25, 0.3) is 0 Å². The largest absolute Gasteiger partial charge is 0.481 e. The van der Waals surface area contributed by atoms with Gasteiger partial charge in [-0.05, 0) is 84.8 Å². The lowest BCUT2D eigenvalue weighted by Gasteiger charge is -2.55. The van der Waals surface area contributed by atoms with Crippen molar-refractivity contribution in [1.82, 2.24) is 0 Å². The summed E-state index contributed by atoms with van der Waals surface area (Å²) in [5.74, 6) is 2.35. The molecular weight excluding hydrogens is 336 g/mol. The molecule has 0 aromatic rings. The van der Waals surface area contributed by atoms with E-state index in [1.807, 2.05) is 6.08 Å². The molecule has 0 amide bonds. The molecule has 3 nitrogen and oxygen atoms in total. The number of hydrogen-bond acceptors (Lipinski definition) is 2. The smallest absolute Gasteiger partial charge is 0.303 e. The van der Waals surface area contributed by atoms with E-state index in [9.17, 15) is 9.59 Å². The summed E-state index contributed by atoms with van der Waals surface area (Å²) in [6.07, 6.45) is 16.3. The summed E-state index contributed by atoms with van der Waals surface area (Å²) in [6.45, 7) is 7.06. The van der Waals surface area contributed by atoms with Crippen LogP contribution < -0.4 is 0 Å². The molecule has 4 rings (SSSR count). The Morgan fingerprint density at radius 2 is 2.00 bits per heavy atom. The van der Waals surface area contributed by atoms with E-state index in [0.717, 1.165) is 6.42 Å². The molecule has 0 bridgehead atoms. The van der Waals surface area contributed by atoms with Gasteiger partial charge in [-0.3, -0.25) is 9.59 Å². The molecule has 0 aromatic carbocycles. The van der Waals surface area contributed by atoms with E-state index in [2.05, 4.69) is 39.0 Å². The lowest BCUT2D eigenvalue weighted by molar-refractivity contribution is -0.137. The van der Waals surface area contributed by atoms with Crippen LogP contribution in [0.2, 0.25) is 0 Å². The van der Waals surface area contributed by atoms with Crippen LogP contribution in [0.3, 0.4) is 0 Å². The Kier molecular flexibility index (Phi) is 4.48. The predicted octanol–water partition coefficient (Wildman–Crippen LogP) is 5.19. The molecule has 0 spiro atoms. The fourth-order valence-electron chi connectivity index (χ4n) is 7.18. The van der Waals surface area contributed by atoms with Crippen LogP contribution in [-0.2, 0) is 9.59 Å². The van der Waals surface area contributed by atoms with E-state index in [1.54, 1.807) is 6.08 Å². The fourth-order valence-corrected chi connectivity index (χ4v) is 7.18. The van der Waals surface area contributed by atoms with Crippen molar-refractivity contribution in [3.05, 3.63) is 36.0 Å². The van der Waals surface area contributed by atoms with Gasteiger partial charge in [0, 0.05) is 11.8 Å². The molecule has 2 saturated carbocycles. The number of hydrogen-bond donors (Lipinski definition) is 1. The predicted molar refractivity (Wildman–Crippen MR) is 106 cm³/mol. The molecule has 27 heavy (non-hydrogen) atoms. The van der Waals surface area contributed by atoms with E-state index in [1.165, 1.54) is 31.3 Å². The highest BCUT2D eigenvalue weighted by Gasteiger charge is 2.58. The number of carboxylic acids is 1. The molecular formula is C24H32O3. The Labute approximate surface area is 162 Å². The third-order valence-electron chi connectivity index (χ3n) is 8.69. The van der Waals surface area contributed by atoms with Crippen molar-refractivity contribution in [2.45, 2.75) is 59.3 Å². The number of fused-ring (bicyclic) bond motifs is 5. The summed E-state index contributed by atoms with van der Waals surface area (Å²) in [7, 11) is 0. The van der Waals surface area contributed by atoms with Gasteiger partial charge < -0.3 is 5.11 Å². The zero-order valence-corrected chi connectivity index (χ0v) is 16.8. The monoisotopic (exact) mass is 368 g/mol. The second-order valence-corrected chi connectivity index (χ2v) is 9.91. The quantitative estimate of drug-likeness (QED) is 0.743. The average molecular weight is 369 g/mol. The van der Waals surface area contributed by atoms with E-state index >= 15 is 0 Å². The first-order chi connectivity index (χ1) is 12.8. The lowest BCUT2D eigenvalue weighted by atomic mass is 9.49. The summed E-state index contributed by atoms with van der Waals surface area (Å²) in [6, 6.07) is 0. The molecule has 2 fully saturated rings. The third kappa shape index (κ3) is 2.85. The molecule has 146 valence electrons. The first-order valence-corrected chi connectivity index (χ1v) is 10.6. The van der Waals surface area contributed by atoms with Crippen LogP contribution in [0.15, 0.2) is 36.0 Å². The molecule has 0 saturated heterocycles.